The van der Waals surface area contributed by atoms with Crippen molar-refractivity contribution in [2.75, 3.05) is 13.6 Å². The van der Waals surface area contributed by atoms with Gasteiger partial charge >= 0.3 is 0 Å². The summed E-state index contributed by atoms with van der Waals surface area (Å²) in [6.45, 7) is 11.2. The summed E-state index contributed by atoms with van der Waals surface area (Å²) in [7, 11) is 2.06. The average Bonchev–Trinajstić information content (AvgIpc) is 2.70. The third-order valence-corrected chi connectivity index (χ3v) is 5.69. The summed E-state index contributed by atoms with van der Waals surface area (Å²) in [4.78, 5) is 2.17. The molecule has 1 saturated heterocycles. The summed E-state index contributed by atoms with van der Waals surface area (Å²) in [5.41, 5.74) is 6.18. The summed E-state index contributed by atoms with van der Waals surface area (Å²) in [6, 6.07) is 17.2. The van der Waals surface area contributed by atoms with Crippen molar-refractivity contribution in [2.24, 2.45) is 5.10 Å². The van der Waals surface area contributed by atoms with Crippen LogP contribution >= 0.6 is 0 Å². The molecule has 4 heteroatoms. The van der Waals surface area contributed by atoms with Crippen LogP contribution in [-0.4, -0.2) is 35.8 Å². The van der Waals surface area contributed by atoms with Crippen LogP contribution in [0.1, 0.15) is 24.0 Å². The number of hydrazone groups is 1. The fourth-order valence-electron chi connectivity index (χ4n) is 4.07. The van der Waals surface area contributed by atoms with Gasteiger partial charge in [-0.3, -0.25) is 5.01 Å². The van der Waals surface area contributed by atoms with Crippen molar-refractivity contribution in [1.82, 2.24) is 9.91 Å². The molecule has 2 unspecified atom stereocenters. The SMILES string of the molecule is C=C1C=NN2C(=C1C)C(=C)N(C)CC2C(c1ccccc1)c1ccc(F)cc1. The van der Waals surface area contributed by atoms with E-state index in [1.165, 1.54) is 17.7 Å². The van der Waals surface area contributed by atoms with Crippen molar-refractivity contribution in [3.05, 3.63) is 107 Å². The van der Waals surface area contributed by atoms with Crippen LogP contribution in [0.5, 0.6) is 0 Å². The topological polar surface area (TPSA) is 18.8 Å². The van der Waals surface area contributed by atoms with Gasteiger partial charge in [0.1, 0.15) is 5.82 Å². The molecule has 2 atom stereocenters. The Balaban J connectivity index is 1.86. The van der Waals surface area contributed by atoms with Crippen LogP contribution in [0.3, 0.4) is 0 Å². The maximum Gasteiger partial charge on any atom is 0.123 e. The molecule has 3 nitrogen and oxygen atoms in total. The monoisotopic (exact) mass is 373 g/mol. The fourth-order valence-corrected chi connectivity index (χ4v) is 4.07. The molecule has 2 aromatic carbocycles. The predicted molar refractivity (Wildman–Crippen MR) is 112 cm³/mol. The minimum absolute atomic E-state index is 0.0312. The molecule has 0 bridgehead atoms. The van der Waals surface area contributed by atoms with E-state index in [0.717, 1.165) is 34.6 Å². The molecule has 0 amide bonds. The molecule has 1 fully saturated rings. The maximum absolute atomic E-state index is 13.6. The van der Waals surface area contributed by atoms with Crippen LogP contribution in [0.15, 0.2) is 95.4 Å². The van der Waals surface area contributed by atoms with Crippen LogP contribution in [0.4, 0.5) is 4.39 Å². The average molecular weight is 373 g/mol. The highest BCUT2D eigenvalue weighted by atomic mass is 19.1. The highest BCUT2D eigenvalue weighted by molar-refractivity contribution is 5.85. The van der Waals surface area contributed by atoms with Gasteiger partial charge in [0.25, 0.3) is 0 Å². The lowest BCUT2D eigenvalue weighted by Crippen LogP contribution is -2.50. The van der Waals surface area contributed by atoms with Crippen LogP contribution in [0, 0.1) is 5.82 Å². The van der Waals surface area contributed by atoms with E-state index in [4.69, 9.17) is 5.10 Å². The second-order valence-electron chi connectivity index (χ2n) is 7.42. The number of piperazine rings is 1. The minimum atomic E-state index is -0.228. The molecule has 0 spiro atoms. The molecule has 0 aromatic heterocycles. The standard InChI is InChI=1S/C24H24FN3/c1-16-14-26-28-22(15-27(4)18(3)24(28)17(16)2)23(19-8-6-5-7-9-19)20-10-12-21(25)13-11-20/h5-14,22-23H,1,3,15H2,2,4H3. The van der Waals surface area contributed by atoms with E-state index in [1.807, 2.05) is 36.5 Å². The van der Waals surface area contributed by atoms with Gasteiger partial charge in [-0.05, 0) is 41.3 Å². The number of allylic oxidation sites excluding steroid dienone is 2. The lowest BCUT2D eigenvalue weighted by Gasteiger charge is -2.47. The van der Waals surface area contributed by atoms with E-state index in [0.29, 0.717) is 0 Å². The molecule has 28 heavy (non-hydrogen) atoms. The first-order chi connectivity index (χ1) is 13.5. The van der Waals surface area contributed by atoms with Crippen molar-refractivity contribution < 1.29 is 4.39 Å². The Morgan fingerprint density at radius 1 is 1.04 bits per heavy atom. The number of hydrogen-bond donors (Lipinski definition) is 0. The van der Waals surface area contributed by atoms with Crippen molar-refractivity contribution >= 4 is 6.21 Å². The minimum Gasteiger partial charge on any atom is -0.371 e. The third-order valence-electron chi connectivity index (χ3n) is 5.69. The summed E-state index contributed by atoms with van der Waals surface area (Å²) >= 11 is 0. The Bertz CT molecular complexity index is 973. The highest BCUT2D eigenvalue weighted by Crippen LogP contribution is 2.40. The van der Waals surface area contributed by atoms with Gasteiger partial charge in [0, 0.05) is 19.5 Å². The van der Waals surface area contributed by atoms with Crippen molar-refractivity contribution in [3.8, 4) is 0 Å². The molecule has 0 saturated carbocycles. The van der Waals surface area contributed by atoms with E-state index < -0.39 is 0 Å². The number of benzene rings is 2. The molecule has 2 aromatic rings. The second-order valence-corrected chi connectivity index (χ2v) is 7.42. The highest BCUT2D eigenvalue weighted by Gasteiger charge is 2.39. The Hall–Kier alpha value is -3.14. The lowest BCUT2D eigenvalue weighted by atomic mass is 9.82. The molecule has 142 valence electrons. The molecule has 0 N–H and O–H groups in total. The van der Waals surface area contributed by atoms with Gasteiger partial charge in [-0.15, -0.1) is 0 Å². The first-order valence-corrected chi connectivity index (χ1v) is 9.41. The summed E-state index contributed by atoms with van der Waals surface area (Å²) in [5.74, 6) is -0.197. The number of nitrogens with zero attached hydrogens (tertiary/aromatic N) is 3. The van der Waals surface area contributed by atoms with Crippen LogP contribution in [-0.2, 0) is 0 Å². The van der Waals surface area contributed by atoms with Gasteiger partial charge in [0.2, 0.25) is 0 Å². The third kappa shape index (κ3) is 3.05. The van der Waals surface area contributed by atoms with Crippen molar-refractivity contribution in [3.63, 3.8) is 0 Å². The number of likely N-dealkylation sites (N-methyl/N-ethyl adjacent to an activating group) is 1. The van der Waals surface area contributed by atoms with Gasteiger partial charge < -0.3 is 4.90 Å². The van der Waals surface area contributed by atoms with Crippen LogP contribution < -0.4 is 0 Å². The van der Waals surface area contributed by atoms with Crippen molar-refractivity contribution in [1.29, 1.82) is 0 Å². The largest absolute Gasteiger partial charge is 0.371 e. The van der Waals surface area contributed by atoms with E-state index >= 15 is 0 Å². The van der Waals surface area contributed by atoms with Crippen LogP contribution in [0.25, 0.3) is 0 Å². The zero-order valence-corrected chi connectivity index (χ0v) is 16.3. The van der Waals surface area contributed by atoms with E-state index in [2.05, 4.69) is 49.2 Å². The molecule has 4 rings (SSSR count). The van der Waals surface area contributed by atoms with E-state index in [1.54, 1.807) is 0 Å². The van der Waals surface area contributed by atoms with Crippen molar-refractivity contribution in [2.45, 2.75) is 18.9 Å². The Morgan fingerprint density at radius 3 is 2.36 bits per heavy atom. The quantitative estimate of drug-likeness (QED) is 0.761. The molecule has 0 aliphatic carbocycles. The predicted octanol–water partition coefficient (Wildman–Crippen LogP) is 4.92. The van der Waals surface area contributed by atoms with E-state index in [9.17, 15) is 4.39 Å². The normalized spacial score (nSPS) is 20.5. The summed E-state index contributed by atoms with van der Waals surface area (Å²) in [5, 5.41) is 6.80. The lowest BCUT2D eigenvalue weighted by molar-refractivity contribution is 0.154. The maximum atomic E-state index is 13.6. The van der Waals surface area contributed by atoms with Gasteiger partial charge in [-0.2, -0.15) is 5.10 Å². The second kappa shape index (κ2) is 7.12. The number of hydrogen-bond acceptors (Lipinski definition) is 3. The number of rotatable bonds is 3. The molecule has 2 heterocycles. The van der Waals surface area contributed by atoms with Gasteiger partial charge in [-0.25, -0.2) is 4.39 Å². The molecule has 0 radical (unpaired) electrons. The number of fused-ring (bicyclic) bond motifs is 1. The zero-order valence-electron chi connectivity index (χ0n) is 16.3. The van der Waals surface area contributed by atoms with E-state index in [-0.39, 0.29) is 17.8 Å². The summed E-state index contributed by atoms with van der Waals surface area (Å²) < 4.78 is 13.6. The summed E-state index contributed by atoms with van der Waals surface area (Å²) in [6.07, 6.45) is 1.82. The molecular formula is C24H24FN3. The zero-order chi connectivity index (χ0) is 19.8. The first-order valence-electron chi connectivity index (χ1n) is 9.41. The molecular weight excluding hydrogens is 349 g/mol. The Labute approximate surface area is 165 Å². The fraction of sp³-hybridized carbons (Fsp3) is 0.208. The van der Waals surface area contributed by atoms with Crippen LogP contribution in [0.2, 0.25) is 0 Å². The van der Waals surface area contributed by atoms with Gasteiger partial charge in [-0.1, -0.05) is 55.6 Å². The Kier molecular flexibility index (Phi) is 4.63. The number of halogens is 1. The smallest absolute Gasteiger partial charge is 0.123 e. The first kappa shape index (κ1) is 18.2. The molecule has 2 aliphatic rings. The van der Waals surface area contributed by atoms with Gasteiger partial charge in [0.15, 0.2) is 0 Å². The Morgan fingerprint density at radius 2 is 1.68 bits per heavy atom. The molecule has 2 aliphatic heterocycles. The van der Waals surface area contributed by atoms with Gasteiger partial charge in [0.05, 0.1) is 23.7 Å².